The van der Waals surface area contributed by atoms with Crippen LogP contribution in [-0.2, 0) is 23.8 Å². The summed E-state index contributed by atoms with van der Waals surface area (Å²) in [6.45, 7) is 23.9. The van der Waals surface area contributed by atoms with Crippen LogP contribution in [0.3, 0.4) is 0 Å². The lowest BCUT2D eigenvalue weighted by atomic mass is 9.92. The van der Waals surface area contributed by atoms with Crippen LogP contribution in [0.1, 0.15) is 112 Å². The molecule has 3 amide bonds. The van der Waals surface area contributed by atoms with Gasteiger partial charge in [0, 0.05) is 88.1 Å². The smallest absolute Gasteiger partial charge is 0.410 e. The van der Waals surface area contributed by atoms with Crippen molar-refractivity contribution in [2.45, 2.75) is 111 Å². The van der Waals surface area contributed by atoms with E-state index in [0.29, 0.717) is 51.3 Å². The summed E-state index contributed by atoms with van der Waals surface area (Å²) in [5, 5.41) is 3.40. The van der Waals surface area contributed by atoms with Crippen LogP contribution in [0.5, 0.6) is 0 Å². The molecule has 15 nitrogen and oxygen atoms in total. The molecule has 2 aromatic heterocycles. The molecule has 16 heteroatoms. The van der Waals surface area contributed by atoms with E-state index < -0.39 is 18.4 Å². The van der Waals surface area contributed by atoms with Crippen LogP contribution in [0, 0.1) is 11.8 Å². The number of hydrogen-bond acceptors (Lipinski definition) is 12. The molecule has 1 N–H and O–H groups in total. The summed E-state index contributed by atoms with van der Waals surface area (Å²) in [4.78, 5) is 72.0. The lowest BCUT2D eigenvalue weighted by Gasteiger charge is -2.35. The Morgan fingerprint density at radius 3 is 1.74 bits per heavy atom. The van der Waals surface area contributed by atoms with Crippen molar-refractivity contribution in [2.75, 3.05) is 72.6 Å². The average molecular weight is 942 g/mol. The largest absolute Gasteiger partial charge is 0.444 e. The maximum atomic E-state index is 13.1. The Bertz CT molecular complexity index is 2220. The van der Waals surface area contributed by atoms with Gasteiger partial charge in [0.25, 0.3) is 0 Å². The number of piperidine rings is 2. The maximum absolute atomic E-state index is 13.1. The Morgan fingerprint density at radius 2 is 1.24 bits per heavy atom. The molecule has 68 heavy (non-hydrogen) atoms. The first kappa shape index (κ1) is 51.6. The number of allylic oxidation sites excluding steroid dienone is 1. The van der Waals surface area contributed by atoms with Gasteiger partial charge in [-0.1, -0.05) is 6.58 Å². The highest BCUT2D eigenvalue weighted by molar-refractivity contribution is 6.15. The van der Waals surface area contributed by atoms with Gasteiger partial charge >= 0.3 is 18.2 Å². The molecule has 2 unspecified atom stereocenters. The number of likely N-dealkylation sites (tertiary alicyclic amines) is 2. The van der Waals surface area contributed by atoms with Gasteiger partial charge in [0.1, 0.15) is 11.2 Å². The van der Waals surface area contributed by atoms with E-state index in [9.17, 15) is 23.6 Å². The van der Waals surface area contributed by atoms with Gasteiger partial charge in [0.2, 0.25) is 5.91 Å². The monoisotopic (exact) mass is 942 g/mol. The van der Waals surface area contributed by atoms with Crippen molar-refractivity contribution in [2.24, 2.45) is 21.8 Å². The van der Waals surface area contributed by atoms with Crippen LogP contribution in [0.25, 0.3) is 0 Å². The fourth-order valence-corrected chi connectivity index (χ4v) is 8.97. The molecule has 0 aliphatic carbocycles. The molecule has 2 fully saturated rings. The first-order chi connectivity index (χ1) is 32.8. The van der Waals surface area contributed by atoms with Crippen LogP contribution in [0.15, 0.2) is 93.7 Å². The summed E-state index contributed by atoms with van der Waals surface area (Å²) in [6, 6.07) is 8.01. The third kappa shape index (κ3) is 16.2. The fourth-order valence-electron chi connectivity index (χ4n) is 8.97. The number of aliphatic imine (C=N–C) groups is 2. The topological polar surface area (TPSA) is 168 Å². The summed E-state index contributed by atoms with van der Waals surface area (Å²) in [7, 11) is -1.00. The SMILES string of the molecule is C=C(C)OC(=O)CC1CCCN(C(=O)OC(C)(C)C)C1.CC(C)(C)OC(=O)N1CCCC(CC(=O)N2CCC3=C(C2)C(c2ccncc2)=NC3)C1.[2H]CF.c1cc(C2=NCC3=C2CNCC3)ccn1. The highest BCUT2D eigenvalue weighted by atomic mass is 19.1. The van der Waals surface area contributed by atoms with E-state index in [-0.39, 0.29) is 35.9 Å². The zero-order valence-corrected chi connectivity index (χ0v) is 41.3. The lowest BCUT2D eigenvalue weighted by molar-refractivity contribution is -0.141. The van der Waals surface area contributed by atoms with Gasteiger partial charge in [0.05, 0.1) is 45.2 Å². The lowest BCUT2D eigenvalue weighted by Crippen LogP contribution is -2.45. The van der Waals surface area contributed by atoms with Crippen LogP contribution < -0.4 is 5.32 Å². The number of rotatable bonds is 7. The number of pyridine rings is 2. The zero-order valence-electron chi connectivity index (χ0n) is 42.3. The molecule has 0 saturated carbocycles. The minimum Gasteiger partial charge on any atom is -0.444 e. The predicted octanol–water partition coefficient (Wildman–Crippen LogP) is 8.31. The van der Waals surface area contributed by atoms with Gasteiger partial charge in [-0.3, -0.25) is 33.9 Å². The van der Waals surface area contributed by atoms with E-state index >= 15 is 0 Å². The second-order valence-electron chi connectivity index (χ2n) is 19.9. The van der Waals surface area contributed by atoms with Gasteiger partial charge in [-0.2, -0.15) is 0 Å². The molecule has 6 aliphatic heterocycles. The molecule has 0 aromatic carbocycles. The van der Waals surface area contributed by atoms with Gasteiger partial charge in [0.15, 0.2) is 0 Å². The van der Waals surface area contributed by atoms with E-state index in [1.165, 1.54) is 33.6 Å². The quantitative estimate of drug-likeness (QED) is 0.162. The summed E-state index contributed by atoms with van der Waals surface area (Å²) >= 11 is 0. The summed E-state index contributed by atoms with van der Waals surface area (Å²) in [5.41, 5.74) is 8.90. The number of nitrogens with zero attached hydrogens (tertiary/aromatic N) is 7. The third-order valence-corrected chi connectivity index (χ3v) is 12.0. The standard InChI is InChI=1S/C24H32N4O3.C15H25NO4.C12H13N3.CH3F/c1-24(2,3)31-23(30)28-11-4-5-17(15-28)13-21(29)27-12-8-19-14-26-22(20(19)16-27)18-6-9-25-10-7-18;1-11(2)19-13(17)9-12-7-6-8-16(10-12)14(18)20-15(3,4)5;1-4-13-5-2-9(1)12-11-8-14-6-3-10(11)7-15-12;1-2/h6-7,9-10,17H,4-5,8,11-16H2,1-3H3;12H,1,6-10H2,2-5H3;1-2,4-5,14H,3,6-8H2;1H3/i;;;1D. The summed E-state index contributed by atoms with van der Waals surface area (Å²) < 4.78 is 31.3. The van der Waals surface area contributed by atoms with Crippen molar-refractivity contribution in [1.82, 2.24) is 30.0 Å². The number of esters is 1. The molecule has 6 aliphatic rings. The normalized spacial score (nSPS) is 20.3. The van der Waals surface area contributed by atoms with Crippen molar-refractivity contribution in [3.05, 3.63) is 94.8 Å². The maximum Gasteiger partial charge on any atom is 0.410 e. The average Bonchev–Trinajstić information content (AvgIpc) is 3.94. The molecule has 0 spiro atoms. The predicted molar refractivity (Wildman–Crippen MR) is 262 cm³/mol. The second-order valence-corrected chi connectivity index (χ2v) is 19.9. The Balaban J connectivity index is 0.000000201. The molecule has 2 aromatic rings. The third-order valence-electron chi connectivity index (χ3n) is 12.0. The molecular formula is C52H73FN8O7. The fraction of sp³-hybridized carbons (Fsp3) is 0.577. The first-order valence-corrected chi connectivity index (χ1v) is 23.8. The number of carbonyl (C=O) groups is 4. The van der Waals surface area contributed by atoms with E-state index in [4.69, 9.17) is 20.6 Å². The minimum absolute atomic E-state index is 0.128. The van der Waals surface area contributed by atoms with Gasteiger partial charge < -0.3 is 34.2 Å². The molecule has 370 valence electrons. The summed E-state index contributed by atoms with van der Waals surface area (Å²) in [6.07, 6.45) is 13.1. The van der Waals surface area contributed by atoms with Crippen LogP contribution in [0.2, 0.25) is 0 Å². The van der Waals surface area contributed by atoms with Crippen LogP contribution in [0.4, 0.5) is 14.0 Å². The second kappa shape index (κ2) is 25.0. The number of hydrogen-bond donors (Lipinski definition) is 1. The van der Waals surface area contributed by atoms with Gasteiger partial charge in [-0.15, -0.1) is 0 Å². The molecule has 8 heterocycles. The van der Waals surface area contributed by atoms with Gasteiger partial charge in [-0.05, 0) is 152 Å². The van der Waals surface area contributed by atoms with Crippen LogP contribution in [-0.4, -0.2) is 144 Å². The Hall–Kier alpha value is -5.77. The number of aromatic nitrogens is 2. The minimum atomic E-state index is -1.00. The number of carbonyl (C=O) groups excluding carboxylic acids is 4. The van der Waals surface area contributed by atoms with E-state index in [0.717, 1.165) is 82.5 Å². The van der Waals surface area contributed by atoms with Crippen molar-refractivity contribution < 1.29 is 39.1 Å². The summed E-state index contributed by atoms with van der Waals surface area (Å²) in [5.74, 6) is 0.594. The first-order valence-electron chi connectivity index (χ1n) is 24.5. The van der Waals surface area contributed by atoms with Gasteiger partial charge in [-0.25, -0.2) is 9.59 Å². The Morgan fingerprint density at radius 1 is 0.750 bits per heavy atom. The van der Waals surface area contributed by atoms with E-state index in [1.807, 2.05) is 83.1 Å². The molecule has 0 bridgehead atoms. The van der Waals surface area contributed by atoms with E-state index in [2.05, 4.69) is 26.9 Å². The van der Waals surface area contributed by atoms with Crippen molar-refractivity contribution in [1.29, 1.82) is 0 Å². The molecule has 0 radical (unpaired) electrons. The Kier molecular flexibility index (Phi) is 19.0. The van der Waals surface area contributed by atoms with E-state index in [1.54, 1.807) is 29.1 Å². The van der Waals surface area contributed by atoms with Crippen molar-refractivity contribution in [3.63, 3.8) is 0 Å². The van der Waals surface area contributed by atoms with Crippen LogP contribution >= 0.6 is 0 Å². The number of alkyl halides is 1. The number of amides is 3. The number of halogens is 1. The zero-order chi connectivity index (χ0) is 50.1. The molecular weight excluding hydrogens is 868 g/mol. The number of nitrogens with one attached hydrogen (secondary N) is 1. The highest BCUT2D eigenvalue weighted by Crippen LogP contribution is 2.30. The Labute approximate surface area is 403 Å². The molecule has 8 rings (SSSR count). The van der Waals surface area contributed by atoms with Crippen molar-refractivity contribution in [3.8, 4) is 0 Å². The highest BCUT2D eigenvalue weighted by Gasteiger charge is 2.33. The number of ether oxygens (including phenoxy) is 3. The molecule has 2 atom stereocenters. The van der Waals surface area contributed by atoms with Crippen molar-refractivity contribution >= 4 is 35.5 Å². The molecule has 2 saturated heterocycles.